The zero-order valence-electron chi connectivity index (χ0n) is 12.8. The lowest BCUT2D eigenvalue weighted by Crippen LogP contribution is -2.27. The SMILES string of the molecule is COc1ccc(CCc2nc(C3CCNCC3)n[nH]2)cc1.Cl. The summed E-state index contributed by atoms with van der Waals surface area (Å²) in [6, 6.07) is 8.19. The Bertz CT molecular complexity index is 564. The number of ether oxygens (including phenoxy) is 1. The van der Waals surface area contributed by atoms with Crippen molar-refractivity contribution in [1.29, 1.82) is 0 Å². The van der Waals surface area contributed by atoms with Crippen LogP contribution in [-0.4, -0.2) is 35.4 Å². The molecule has 120 valence electrons. The molecule has 1 fully saturated rings. The number of H-pyrrole nitrogens is 1. The third-order valence-electron chi connectivity index (χ3n) is 4.06. The lowest BCUT2D eigenvalue weighted by Gasteiger charge is -2.19. The van der Waals surface area contributed by atoms with Crippen molar-refractivity contribution in [3.05, 3.63) is 41.5 Å². The first kappa shape index (κ1) is 16.8. The van der Waals surface area contributed by atoms with Gasteiger partial charge in [0.05, 0.1) is 7.11 Å². The molecular formula is C16H23ClN4O. The summed E-state index contributed by atoms with van der Waals surface area (Å²) in [4.78, 5) is 4.66. The highest BCUT2D eigenvalue weighted by Gasteiger charge is 2.19. The fourth-order valence-corrected chi connectivity index (χ4v) is 2.74. The van der Waals surface area contributed by atoms with Crippen molar-refractivity contribution in [1.82, 2.24) is 20.5 Å². The second-order valence-corrected chi connectivity index (χ2v) is 5.51. The van der Waals surface area contributed by atoms with Crippen LogP contribution in [0.3, 0.4) is 0 Å². The molecular weight excluding hydrogens is 300 g/mol. The number of hydrogen-bond donors (Lipinski definition) is 2. The van der Waals surface area contributed by atoms with Gasteiger partial charge in [-0.05, 0) is 50.0 Å². The highest BCUT2D eigenvalue weighted by atomic mass is 35.5. The molecule has 1 aromatic carbocycles. The van der Waals surface area contributed by atoms with Gasteiger partial charge in [-0.1, -0.05) is 12.1 Å². The van der Waals surface area contributed by atoms with E-state index in [9.17, 15) is 0 Å². The minimum atomic E-state index is 0. The van der Waals surface area contributed by atoms with Crippen LogP contribution in [0.1, 0.15) is 36.0 Å². The van der Waals surface area contributed by atoms with Crippen molar-refractivity contribution in [3.8, 4) is 5.75 Å². The maximum Gasteiger partial charge on any atom is 0.153 e. The highest BCUT2D eigenvalue weighted by molar-refractivity contribution is 5.85. The third kappa shape index (κ3) is 4.21. The van der Waals surface area contributed by atoms with Crippen LogP contribution in [0.4, 0.5) is 0 Å². The molecule has 2 N–H and O–H groups in total. The molecule has 1 aliphatic heterocycles. The molecule has 0 unspecified atom stereocenters. The minimum Gasteiger partial charge on any atom is -0.497 e. The number of aromatic nitrogens is 3. The van der Waals surface area contributed by atoms with Gasteiger partial charge in [0.2, 0.25) is 0 Å². The number of hydrogen-bond acceptors (Lipinski definition) is 4. The molecule has 0 amide bonds. The molecule has 1 aromatic heterocycles. The second kappa shape index (κ2) is 8.15. The van der Waals surface area contributed by atoms with E-state index in [2.05, 4.69) is 32.6 Å². The van der Waals surface area contributed by atoms with Gasteiger partial charge in [-0.3, -0.25) is 5.10 Å². The maximum atomic E-state index is 5.17. The van der Waals surface area contributed by atoms with Crippen LogP contribution in [0.2, 0.25) is 0 Å². The first-order valence-electron chi connectivity index (χ1n) is 7.60. The summed E-state index contributed by atoms with van der Waals surface area (Å²) in [5, 5.41) is 10.9. The van der Waals surface area contributed by atoms with Gasteiger partial charge < -0.3 is 10.1 Å². The number of rotatable bonds is 5. The molecule has 0 radical (unpaired) electrons. The Hall–Kier alpha value is -1.59. The zero-order valence-corrected chi connectivity index (χ0v) is 13.7. The molecule has 0 bridgehead atoms. The topological polar surface area (TPSA) is 62.8 Å². The standard InChI is InChI=1S/C16H22N4O.ClH/c1-21-14-5-2-12(3-6-14)4-7-15-18-16(20-19-15)13-8-10-17-11-9-13;/h2-3,5-6,13,17H,4,7-11H2,1H3,(H,18,19,20);1H. The average Bonchev–Trinajstić information content (AvgIpc) is 3.03. The van der Waals surface area contributed by atoms with E-state index in [4.69, 9.17) is 4.74 Å². The van der Waals surface area contributed by atoms with E-state index in [0.717, 1.165) is 56.2 Å². The Morgan fingerprint density at radius 2 is 1.86 bits per heavy atom. The quantitative estimate of drug-likeness (QED) is 0.887. The predicted octanol–water partition coefficient (Wildman–Crippen LogP) is 2.49. The average molecular weight is 323 g/mol. The molecule has 3 rings (SSSR count). The smallest absolute Gasteiger partial charge is 0.153 e. The summed E-state index contributed by atoms with van der Waals surface area (Å²) < 4.78 is 5.17. The number of methoxy groups -OCH3 is 1. The van der Waals surface area contributed by atoms with Gasteiger partial charge in [0.25, 0.3) is 0 Å². The van der Waals surface area contributed by atoms with Gasteiger partial charge >= 0.3 is 0 Å². The molecule has 0 aliphatic carbocycles. The number of piperidine rings is 1. The van der Waals surface area contributed by atoms with Gasteiger partial charge in [0.1, 0.15) is 11.6 Å². The summed E-state index contributed by atoms with van der Waals surface area (Å²) in [7, 11) is 1.69. The summed E-state index contributed by atoms with van der Waals surface area (Å²) >= 11 is 0. The largest absolute Gasteiger partial charge is 0.497 e. The van der Waals surface area contributed by atoms with E-state index >= 15 is 0 Å². The number of aromatic amines is 1. The summed E-state index contributed by atoms with van der Waals surface area (Å²) in [5.41, 5.74) is 1.29. The predicted molar refractivity (Wildman–Crippen MR) is 88.9 cm³/mol. The molecule has 6 heteroatoms. The molecule has 2 aromatic rings. The van der Waals surface area contributed by atoms with Crippen molar-refractivity contribution >= 4 is 12.4 Å². The molecule has 0 saturated carbocycles. The number of aryl methyl sites for hydroxylation is 2. The summed E-state index contributed by atoms with van der Waals surface area (Å²) in [6.45, 7) is 2.14. The van der Waals surface area contributed by atoms with Gasteiger partial charge in [0.15, 0.2) is 5.82 Å². The van der Waals surface area contributed by atoms with E-state index in [1.54, 1.807) is 7.11 Å². The molecule has 2 heterocycles. The number of nitrogens with one attached hydrogen (secondary N) is 2. The van der Waals surface area contributed by atoms with Crippen LogP contribution >= 0.6 is 12.4 Å². The van der Waals surface area contributed by atoms with E-state index < -0.39 is 0 Å². The first-order valence-corrected chi connectivity index (χ1v) is 7.60. The van der Waals surface area contributed by atoms with Crippen molar-refractivity contribution in [2.24, 2.45) is 0 Å². The Labute approximate surface area is 137 Å². The van der Waals surface area contributed by atoms with Crippen LogP contribution in [-0.2, 0) is 12.8 Å². The Balaban J connectivity index is 0.00000176. The fourth-order valence-electron chi connectivity index (χ4n) is 2.74. The van der Waals surface area contributed by atoms with Crippen molar-refractivity contribution < 1.29 is 4.74 Å². The van der Waals surface area contributed by atoms with E-state index in [0.29, 0.717) is 5.92 Å². The first-order chi connectivity index (χ1) is 10.3. The molecule has 22 heavy (non-hydrogen) atoms. The Morgan fingerprint density at radius 3 is 2.55 bits per heavy atom. The van der Waals surface area contributed by atoms with Gasteiger partial charge in [-0.25, -0.2) is 4.98 Å². The van der Waals surface area contributed by atoms with Crippen LogP contribution in [0.5, 0.6) is 5.75 Å². The lowest BCUT2D eigenvalue weighted by atomic mass is 9.98. The molecule has 5 nitrogen and oxygen atoms in total. The maximum absolute atomic E-state index is 5.17. The minimum absolute atomic E-state index is 0. The summed E-state index contributed by atoms with van der Waals surface area (Å²) in [5.74, 6) is 3.38. The van der Waals surface area contributed by atoms with Gasteiger partial charge in [0, 0.05) is 12.3 Å². The molecule has 0 spiro atoms. The van der Waals surface area contributed by atoms with Gasteiger partial charge in [-0.2, -0.15) is 5.10 Å². The molecule has 1 saturated heterocycles. The normalized spacial score (nSPS) is 15.3. The van der Waals surface area contributed by atoms with Crippen molar-refractivity contribution in [2.45, 2.75) is 31.6 Å². The third-order valence-corrected chi connectivity index (χ3v) is 4.06. The zero-order chi connectivity index (χ0) is 14.5. The lowest BCUT2D eigenvalue weighted by molar-refractivity contribution is 0.414. The number of halogens is 1. The second-order valence-electron chi connectivity index (χ2n) is 5.51. The van der Waals surface area contributed by atoms with E-state index in [1.807, 2.05) is 12.1 Å². The summed E-state index contributed by atoms with van der Waals surface area (Å²) in [6.07, 6.45) is 4.13. The van der Waals surface area contributed by atoms with E-state index in [1.165, 1.54) is 5.56 Å². The number of nitrogens with zero attached hydrogens (tertiary/aromatic N) is 2. The van der Waals surface area contributed by atoms with Crippen molar-refractivity contribution in [3.63, 3.8) is 0 Å². The van der Waals surface area contributed by atoms with E-state index in [-0.39, 0.29) is 12.4 Å². The highest BCUT2D eigenvalue weighted by Crippen LogP contribution is 2.21. The monoisotopic (exact) mass is 322 g/mol. The van der Waals surface area contributed by atoms with Crippen LogP contribution < -0.4 is 10.1 Å². The number of benzene rings is 1. The Morgan fingerprint density at radius 1 is 1.14 bits per heavy atom. The fraction of sp³-hybridized carbons (Fsp3) is 0.500. The molecule has 0 atom stereocenters. The molecule has 1 aliphatic rings. The van der Waals surface area contributed by atoms with Crippen molar-refractivity contribution in [2.75, 3.05) is 20.2 Å². The van der Waals surface area contributed by atoms with Crippen LogP contribution in [0, 0.1) is 0 Å². The van der Waals surface area contributed by atoms with Crippen LogP contribution in [0.25, 0.3) is 0 Å². The van der Waals surface area contributed by atoms with Crippen LogP contribution in [0.15, 0.2) is 24.3 Å². The van der Waals surface area contributed by atoms with Gasteiger partial charge in [-0.15, -0.1) is 12.4 Å². The Kier molecular flexibility index (Phi) is 6.21.